The van der Waals surface area contributed by atoms with Gasteiger partial charge in [-0.3, -0.25) is 4.79 Å². The van der Waals surface area contributed by atoms with E-state index in [1.165, 1.54) is 12.1 Å². The van der Waals surface area contributed by atoms with Crippen LogP contribution in [0.2, 0.25) is 0 Å². The van der Waals surface area contributed by atoms with Crippen molar-refractivity contribution in [2.75, 3.05) is 18.4 Å². The number of guanidine groups is 1. The Kier molecular flexibility index (Phi) is 6.64. The Morgan fingerprint density at radius 2 is 1.75 bits per heavy atom. The van der Waals surface area contributed by atoms with E-state index in [1.54, 1.807) is 12.1 Å². The molecule has 0 aliphatic carbocycles. The zero-order valence-electron chi connectivity index (χ0n) is 13.6. The molecule has 0 fully saturated rings. The second-order valence-corrected chi connectivity index (χ2v) is 5.13. The molecule has 6 heteroatoms. The van der Waals surface area contributed by atoms with Gasteiger partial charge in [0.05, 0.1) is 13.1 Å². The molecule has 0 unspecified atom stereocenters. The summed E-state index contributed by atoms with van der Waals surface area (Å²) in [6.07, 6.45) is 0. The first kappa shape index (κ1) is 17.3. The van der Waals surface area contributed by atoms with Crippen LogP contribution in [0.25, 0.3) is 0 Å². The number of phenolic OH excluding ortho intramolecular Hbond substituents is 1. The van der Waals surface area contributed by atoms with Crippen molar-refractivity contribution < 1.29 is 9.90 Å². The summed E-state index contributed by atoms with van der Waals surface area (Å²) in [6.45, 7) is 3.31. The summed E-state index contributed by atoms with van der Waals surface area (Å²) in [5, 5.41) is 18.1. The number of aliphatic imine (C=N–C) groups is 1. The van der Waals surface area contributed by atoms with E-state index < -0.39 is 0 Å². The van der Waals surface area contributed by atoms with E-state index in [1.807, 2.05) is 37.3 Å². The van der Waals surface area contributed by atoms with E-state index in [0.29, 0.717) is 24.7 Å². The third-order valence-electron chi connectivity index (χ3n) is 3.17. The molecule has 0 saturated heterocycles. The van der Waals surface area contributed by atoms with Crippen LogP contribution in [-0.2, 0) is 11.3 Å². The van der Waals surface area contributed by atoms with E-state index in [2.05, 4.69) is 20.9 Å². The number of anilines is 1. The van der Waals surface area contributed by atoms with Gasteiger partial charge in [0.15, 0.2) is 5.96 Å². The lowest BCUT2D eigenvalue weighted by molar-refractivity contribution is -0.115. The fraction of sp³-hybridized carbons (Fsp3) is 0.222. The van der Waals surface area contributed by atoms with Crippen LogP contribution in [0.1, 0.15) is 12.5 Å². The summed E-state index contributed by atoms with van der Waals surface area (Å²) < 4.78 is 0. The summed E-state index contributed by atoms with van der Waals surface area (Å²) >= 11 is 0. The summed E-state index contributed by atoms with van der Waals surface area (Å²) in [4.78, 5) is 16.4. The highest BCUT2D eigenvalue weighted by Crippen LogP contribution is 2.13. The topological polar surface area (TPSA) is 85.8 Å². The molecule has 2 rings (SSSR count). The zero-order chi connectivity index (χ0) is 17.2. The fourth-order valence-corrected chi connectivity index (χ4v) is 2.01. The first-order valence-electron chi connectivity index (χ1n) is 7.82. The molecule has 0 bridgehead atoms. The van der Waals surface area contributed by atoms with Crippen LogP contribution in [0.4, 0.5) is 5.69 Å². The van der Waals surface area contributed by atoms with Crippen LogP contribution in [0, 0.1) is 0 Å². The van der Waals surface area contributed by atoms with Crippen molar-refractivity contribution in [3.8, 4) is 5.75 Å². The second kappa shape index (κ2) is 9.19. The number of hydrogen-bond acceptors (Lipinski definition) is 3. The van der Waals surface area contributed by atoms with Gasteiger partial charge >= 0.3 is 0 Å². The van der Waals surface area contributed by atoms with Gasteiger partial charge in [0.1, 0.15) is 5.75 Å². The third-order valence-corrected chi connectivity index (χ3v) is 3.17. The molecule has 126 valence electrons. The summed E-state index contributed by atoms with van der Waals surface area (Å²) in [5.41, 5.74) is 1.73. The molecule has 6 nitrogen and oxygen atoms in total. The summed E-state index contributed by atoms with van der Waals surface area (Å²) in [7, 11) is 0. The predicted octanol–water partition coefficient (Wildman–Crippen LogP) is 2.09. The smallest absolute Gasteiger partial charge is 0.243 e. The Labute approximate surface area is 141 Å². The Balaban J connectivity index is 1.85. The Bertz CT molecular complexity index is 669. The van der Waals surface area contributed by atoms with E-state index >= 15 is 0 Å². The summed E-state index contributed by atoms with van der Waals surface area (Å²) in [5.74, 6) is 0.557. The maximum Gasteiger partial charge on any atom is 0.243 e. The van der Waals surface area contributed by atoms with E-state index in [-0.39, 0.29) is 18.2 Å². The van der Waals surface area contributed by atoms with Gasteiger partial charge in [0, 0.05) is 12.2 Å². The SMILES string of the molecule is CCNC(=NCc1ccccc1)NCC(=O)Nc1ccc(O)cc1. The van der Waals surface area contributed by atoms with Gasteiger partial charge in [-0.25, -0.2) is 4.99 Å². The average molecular weight is 326 g/mol. The third kappa shape index (κ3) is 6.00. The summed E-state index contributed by atoms with van der Waals surface area (Å²) in [6, 6.07) is 16.2. The molecule has 1 amide bonds. The van der Waals surface area contributed by atoms with Crippen molar-refractivity contribution in [2.45, 2.75) is 13.5 Å². The number of nitrogens with one attached hydrogen (secondary N) is 3. The lowest BCUT2D eigenvalue weighted by Crippen LogP contribution is -2.41. The molecule has 0 atom stereocenters. The van der Waals surface area contributed by atoms with Gasteiger partial charge in [-0.2, -0.15) is 0 Å². The number of carbonyl (C=O) groups excluding carboxylic acids is 1. The molecule has 24 heavy (non-hydrogen) atoms. The first-order chi connectivity index (χ1) is 11.7. The van der Waals surface area contributed by atoms with Crippen LogP contribution < -0.4 is 16.0 Å². The molecule has 2 aromatic carbocycles. The first-order valence-corrected chi connectivity index (χ1v) is 7.82. The number of nitrogens with zero attached hydrogens (tertiary/aromatic N) is 1. The van der Waals surface area contributed by atoms with E-state index in [4.69, 9.17) is 0 Å². The molecular weight excluding hydrogens is 304 g/mol. The highest BCUT2D eigenvalue weighted by Gasteiger charge is 2.04. The maximum absolute atomic E-state index is 12.0. The maximum atomic E-state index is 12.0. The van der Waals surface area contributed by atoms with Gasteiger partial charge in [-0.05, 0) is 36.8 Å². The van der Waals surface area contributed by atoms with Gasteiger partial charge in [0.2, 0.25) is 5.91 Å². The van der Waals surface area contributed by atoms with Gasteiger partial charge < -0.3 is 21.1 Å². The second-order valence-electron chi connectivity index (χ2n) is 5.13. The standard InChI is InChI=1S/C18H22N4O2/c1-2-19-18(20-12-14-6-4-3-5-7-14)21-13-17(24)22-15-8-10-16(23)11-9-15/h3-11,23H,2,12-13H2,1H3,(H,22,24)(H2,19,20,21). The number of aromatic hydroxyl groups is 1. The zero-order valence-corrected chi connectivity index (χ0v) is 13.6. The molecule has 0 aliphatic heterocycles. The number of benzene rings is 2. The van der Waals surface area contributed by atoms with Gasteiger partial charge in [-0.1, -0.05) is 30.3 Å². The van der Waals surface area contributed by atoms with E-state index in [0.717, 1.165) is 5.56 Å². The van der Waals surface area contributed by atoms with Crippen molar-refractivity contribution in [3.05, 3.63) is 60.2 Å². The highest BCUT2D eigenvalue weighted by molar-refractivity contribution is 5.95. The monoisotopic (exact) mass is 326 g/mol. The normalized spacial score (nSPS) is 11.0. The number of carbonyl (C=O) groups is 1. The van der Waals surface area contributed by atoms with Crippen LogP contribution in [-0.4, -0.2) is 30.1 Å². The minimum absolute atomic E-state index is 0.0987. The van der Waals surface area contributed by atoms with Crippen LogP contribution in [0.3, 0.4) is 0 Å². The fourth-order valence-electron chi connectivity index (χ4n) is 2.01. The average Bonchev–Trinajstić information content (AvgIpc) is 2.60. The van der Waals surface area contributed by atoms with Crippen molar-refractivity contribution in [2.24, 2.45) is 4.99 Å². The lowest BCUT2D eigenvalue weighted by atomic mass is 10.2. The molecule has 0 spiro atoms. The molecule has 0 radical (unpaired) electrons. The predicted molar refractivity (Wildman–Crippen MR) is 96.0 cm³/mol. The number of amides is 1. The van der Waals surface area contributed by atoms with Crippen LogP contribution in [0.5, 0.6) is 5.75 Å². The Hall–Kier alpha value is -3.02. The lowest BCUT2D eigenvalue weighted by Gasteiger charge is -2.11. The van der Waals surface area contributed by atoms with E-state index in [9.17, 15) is 9.90 Å². The quantitative estimate of drug-likeness (QED) is 0.372. The van der Waals surface area contributed by atoms with Gasteiger partial charge in [-0.15, -0.1) is 0 Å². The van der Waals surface area contributed by atoms with Crippen molar-refractivity contribution >= 4 is 17.6 Å². The van der Waals surface area contributed by atoms with Crippen molar-refractivity contribution in [1.29, 1.82) is 0 Å². The molecule has 0 heterocycles. The molecule has 0 aliphatic rings. The number of hydrogen-bond donors (Lipinski definition) is 4. The largest absolute Gasteiger partial charge is 0.508 e. The van der Waals surface area contributed by atoms with Crippen LogP contribution in [0.15, 0.2) is 59.6 Å². The Morgan fingerprint density at radius 3 is 2.42 bits per heavy atom. The van der Waals surface area contributed by atoms with Crippen LogP contribution >= 0.6 is 0 Å². The molecule has 0 aromatic heterocycles. The molecular formula is C18H22N4O2. The number of rotatable bonds is 6. The number of phenols is 1. The minimum atomic E-state index is -0.189. The molecule has 4 N–H and O–H groups in total. The molecule has 0 saturated carbocycles. The van der Waals surface area contributed by atoms with Crippen molar-refractivity contribution in [3.63, 3.8) is 0 Å². The Morgan fingerprint density at radius 1 is 1.04 bits per heavy atom. The molecule has 2 aromatic rings. The highest BCUT2D eigenvalue weighted by atomic mass is 16.3. The van der Waals surface area contributed by atoms with Crippen molar-refractivity contribution in [1.82, 2.24) is 10.6 Å². The van der Waals surface area contributed by atoms with Gasteiger partial charge in [0.25, 0.3) is 0 Å². The minimum Gasteiger partial charge on any atom is -0.508 e.